The van der Waals surface area contributed by atoms with Gasteiger partial charge in [0.25, 0.3) is 5.91 Å². The van der Waals surface area contributed by atoms with Crippen LogP contribution in [0.4, 0.5) is 0 Å². The Kier molecular flexibility index (Phi) is 22.8. The van der Waals surface area contributed by atoms with Crippen LogP contribution in [0.2, 0.25) is 0 Å². The van der Waals surface area contributed by atoms with Gasteiger partial charge in [0.1, 0.15) is 46.7 Å². The molecule has 86 heavy (non-hydrogen) atoms. The van der Waals surface area contributed by atoms with Gasteiger partial charge in [0.15, 0.2) is 11.2 Å². The Morgan fingerprint density at radius 1 is 0.663 bits per heavy atom. The van der Waals surface area contributed by atoms with Crippen LogP contribution < -0.4 is 46.8 Å². The van der Waals surface area contributed by atoms with Crippen molar-refractivity contribution in [3.63, 3.8) is 0 Å². The fourth-order valence-corrected chi connectivity index (χ4v) is 12.0. The number of carbonyl (C=O) groups is 6. The van der Waals surface area contributed by atoms with Crippen LogP contribution in [-0.4, -0.2) is 82.7 Å². The molecule has 4 atom stereocenters. The zero-order valence-corrected chi connectivity index (χ0v) is 50.0. The first-order valence-electron chi connectivity index (χ1n) is 29.0. The van der Waals surface area contributed by atoms with Gasteiger partial charge in [0.2, 0.25) is 23.6 Å². The lowest BCUT2D eigenvalue weighted by atomic mass is 9.87. The van der Waals surface area contributed by atoms with Crippen molar-refractivity contribution in [2.24, 2.45) is 17.1 Å². The maximum atomic E-state index is 15.1. The fourth-order valence-electron chi connectivity index (χ4n) is 9.95. The summed E-state index contributed by atoms with van der Waals surface area (Å²) >= 11 is 0. The molecule has 0 bridgehead atoms. The van der Waals surface area contributed by atoms with Crippen molar-refractivity contribution in [1.29, 1.82) is 0 Å². The molecular formula is C66H77N6O13P. The number of unbranched alkanes of at least 4 members (excludes halogenated alkanes) is 3. The number of rotatable bonds is 30. The lowest BCUT2D eigenvalue weighted by Gasteiger charge is -2.32. The van der Waals surface area contributed by atoms with Crippen molar-refractivity contribution in [3.8, 4) is 39.7 Å². The van der Waals surface area contributed by atoms with Crippen molar-refractivity contribution < 1.29 is 57.0 Å². The van der Waals surface area contributed by atoms with Gasteiger partial charge in [-0.15, -0.1) is 0 Å². The second-order valence-electron chi connectivity index (χ2n) is 22.9. The predicted octanol–water partition coefficient (Wildman–Crippen LogP) is 10.4. The lowest BCUT2D eigenvalue weighted by Crippen LogP contribution is -2.58. The first-order valence-corrected chi connectivity index (χ1v) is 30.6. The highest BCUT2D eigenvalue weighted by Crippen LogP contribution is 2.54. The number of carboxylic acids is 1. The Morgan fingerprint density at radius 3 is 1.92 bits per heavy atom. The van der Waals surface area contributed by atoms with Gasteiger partial charge in [-0.3, -0.25) is 28.8 Å². The third kappa shape index (κ3) is 18.6. The first-order chi connectivity index (χ1) is 41.1. The molecule has 1 aliphatic heterocycles. The number of carboxylic acid groups (broad SMARTS) is 1. The zero-order chi connectivity index (χ0) is 62.0. The minimum absolute atomic E-state index is 0.0327. The van der Waals surface area contributed by atoms with Crippen LogP contribution >= 0.6 is 7.60 Å². The molecule has 20 heteroatoms. The van der Waals surface area contributed by atoms with Gasteiger partial charge in [-0.2, -0.15) is 0 Å². The number of hydrogen-bond donors (Lipinski definition) is 8. The quantitative estimate of drug-likeness (QED) is 0.0118. The molecule has 1 heterocycles. The molecule has 1 aliphatic carbocycles. The number of carbonyl (C=O) groups excluding carboxylic acids is 5. The van der Waals surface area contributed by atoms with Gasteiger partial charge in [-0.05, 0) is 141 Å². The highest BCUT2D eigenvalue weighted by molar-refractivity contribution is 7.55. The van der Waals surface area contributed by atoms with Crippen LogP contribution in [0.1, 0.15) is 119 Å². The van der Waals surface area contributed by atoms with Crippen LogP contribution in [0.15, 0.2) is 155 Å². The fraction of sp³-hybridized carbons (Fsp3) is 0.348. The third-order valence-corrected chi connectivity index (χ3v) is 16.2. The molecule has 5 amide bonds. The van der Waals surface area contributed by atoms with Gasteiger partial charge in [-0.25, -0.2) is 9.36 Å². The molecule has 454 valence electrons. The minimum Gasteiger partial charge on any atom is -0.508 e. The molecular weight excluding hydrogens is 1120 g/mol. The number of nitrogens with two attached hydrogens (primary N) is 1. The summed E-state index contributed by atoms with van der Waals surface area (Å²) in [5.41, 5.74) is 7.06. The van der Waals surface area contributed by atoms with E-state index < -0.39 is 72.4 Å². The Hall–Kier alpha value is -8.80. The predicted molar refractivity (Wildman–Crippen MR) is 330 cm³/mol. The largest absolute Gasteiger partial charge is 0.508 e. The number of phenols is 1. The van der Waals surface area contributed by atoms with E-state index in [2.05, 4.69) is 26.6 Å². The molecule has 5 aromatic rings. The second kappa shape index (κ2) is 30.3. The summed E-state index contributed by atoms with van der Waals surface area (Å²) in [5, 5.41) is 35.4. The number of nitrogens with one attached hydrogen (secondary N) is 5. The highest BCUT2D eigenvalue weighted by atomic mass is 31.2. The van der Waals surface area contributed by atoms with Crippen molar-refractivity contribution in [1.82, 2.24) is 26.6 Å². The standard InChI is InChI=1S/C66H77N6O13P/c1-42(2)36-59(86(82,84-47-22-12-7-13-23-47)85-48-24-14-8-15-25-48)72-64(79)55(41-66(3,4)5)71-62(77)53(26-17-18-34-67)70-63(78)54(37-43-20-10-6-11-21-43)69-58(75)27-16-9-19-35-68-61(76)44-28-31-49(65(80)81)52(38-44)60-50-32-29-45(73)39-56(50)83-57-40-46(74)30-33-51(57)60/h6-8,10-15,20-25,28-33,38-40,42,53-55,59,73H,9,16-19,26-27,34-37,41,67H2,1-5H3,(H,68,76)(H,69,75)(H,70,78)(H,71,77)(H,72,79)(H,80,81)/t53-,54-,55-,59+/m0/s1. The maximum Gasteiger partial charge on any atom is 0.452 e. The van der Waals surface area contributed by atoms with Gasteiger partial charge in [-0.1, -0.05) is 108 Å². The monoisotopic (exact) mass is 1190 g/mol. The average Bonchev–Trinajstić information content (AvgIpc) is 0.941. The molecule has 0 fully saturated rings. The molecule has 5 aromatic carbocycles. The van der Waals surface area contributed by atoms with E-state index in [0.717, 1.165) is 5.56 Å². The molecule has 0 unspecified atom stereocenters. The maximum absolute atomic E-state index is 15.1. The topological polar surface area (TPSA) is 295 Å². The van der Waals surface area contributed by atoms with Crippen LogP contribution in [0.5, 0.6) is 17.2 Å². The van der Waals surface area contributed by atoms with Gasteiger partial charge in [0, 0.05) is 53.6 Å². The molecule has 7 rings (SSSR count). The second-order valence-corrected chi connectivity index (χ2v) is 25.0. The molecule has 0 saturated carbocycles. The van der Waals surface area contributed by atoms with E-state index >= 15 is 4.57 Å². The van der Waals surface area contributed by atoms with E-state index in [1.54, 1.807) is 66.7 Å². The van der Waals surface area contributed by atoms with Crippen LogP contribution in [0.3, 0.4) is 0 Å². The van der Waals surface area contributed by atoms with E-state index in [1.807, 2.05) is 65.0 Å². The lowest BCUT2D eigenvalue weighted by molar-refractivity contribution is -0.134. The zero-order valence-electron chi connectivity index (χ0n) is 49.1. The van der Waals surface area contributed by atoms with E-state index in [1.165, 1.54) is 48.5 Å². The van der Waals surface area contributed by atoms with E-state index in [4.69, 9.17) is 19.2 Å². The third-order valence-electron chi connectivity index (χ3n) is 14.1. The van der Waals surface area contributed by atoms with E-state index in [9.17, 15) is 43.8 Å². The van der Waals surface area contributed by atoms with Crippen molar-refractivity contribution in [2.75, 3.05) is 13.1 Å². The van der Waals surface area contributed by atoms with Crippen molar-refractivity contribution in [2.45, 2.75) is 123 Å². The average molecular weight is 1190 g/mol. The van der Waals surface area contributed by atoms with Crippen LogP contribution in [-0.2, 0) is 30.2 Å². The Labute approximate surface area is 500 Å². The van der Waals surface area contributed by atoms with Gasteiger partial charge in [0.05, 0.1) is 5.56 Å². The summed E-state index contributed by atoms with van der Waals surface area (Å²) in [6.45, 7) is 10.1. The van der Waals surface area contributed by atoms with E-state index in [-0.39, 0.29) is 95.3 Å². The summed E-state index contributed by atoms with van der Waals surface area (Å²) < 4.78 is 33.4. The number of hydrogen-bond acceptors (Lipinski definition) is 13. The van der Waals surface area contributed by atoms with Gasteiger partial charge < -0.3 is 56.0 Å². The molecule has 9 N–H and O–H groups in total. The molecule has 0 aromatic heterocycles. The smallest absolute Gasteiger partial charge is 0.452 e. The number of aromatic hydroxyl groups is 1. The molecule has 0 radical (unpaired) electrons. The molecule has 0 saturated heterocycles. The highest BCUT2D eigenvalue weighted by Gasteiger charge is 2.43. The molecule has 2 aliphatic rings. The first kappa shape index (κ1) is 64.8. The molecule has 0 spiro atoms. The molecule has 19 nitrogen and oxygen atoms in total. The summed E-state index contributed by atoms with van der Waals surface area (Å²) in [6.07, 6.45) is 2.98. The number of para-hydroxylation sites is 2. The Morgan fingerprint density at radius 2 is 1.29 bits per heavy atom. The summed E-state index contributed by atoms with van der Waals surface area (Å²) in [4.78, 5) is 96.0. The Balaban J connectivity index is 1.01. The van der Waals surface area contributed by atoms with E-state index in [0.29, 0.717) is 55.2 Å². The summed E-state index contributed by atoms with van der Waals surface area (Å²) in [7, 11) is -4.26. The van der Waals surface area contributed by atoms with Crippen molar-refractivity contribution in [3.05, 3.63) is 173 Å². The van der Waals surface area contributed by atoms with Gasteiger partial charge >= 0.3 is 13.6 Å². The number of fused-ring (bicyclic) bond motifs is 2. The normalized spacial score (nSPS) is 13.0. The summed E-state index contributed by atoms with van der Waals surface area (Å²) in [6, 6.07) is 35.4. The van der Waals surface area contributed by atoms with Crippen LogP contribution in [0.25, 0.3) is 33.4 Å². The minimum atomic E-state index is -4.26. The van der Waals surface area contributed by atoms with Crippen molar-refractivity contribution >= 4 is 54.1 Å². The summed E-state index contributed by atoms with van der Waals surface area (Å²) in [5.74, 6) is -4.70. The SMILES string of the molecule is CC(C)C[C@H](NC(=O)[C@H](CC(C)(C)C)NC(=O)[C@H](CCCCN)NC(=O)[C@H](Cc1ccccc1)NC(=O)CCCCCNC(=O)c1ccc(C(=O)O)c(-c2c3ccc(=O)cc-3oc3cc(O)ccc23)c1)P(=O)(Oc1ccccc1)Oc1ccccc1. The number of benzene rings is 6. The number of aromatic carboxylic acids is 1. The Bertz CT molecular complexity index is 3490. The number of amides is 5. The van der Waals surface area contributed by atoms with Crippen LogP contribution in [0, 0.1) is 11.3 Å². The number of phenolic OH excluding ortho intramolecular Hbond substituents is 1.